The van der Waals surface area contributed by atoms with Crippen LogP contribution in [0.3, 0.4) is 0 Å². The number of hydrogen-bond donors (Lipinski definition) is 3. The molecule has 422 valence electrons. The lowest BCUT2D eigenvalue weighted by atomic mass is 10.0. The Bertz CT molecular complexity index is 1040. The third-order valence-corrected chi connectivity index (χ3v) is 15.7. The molecule has 0 aliphatic heterocycles. The molecule has 4 heteroatoms. The van der Waals surface area contributed by atoms with E-state index in [0.717, 1.165) is 32.1 Å². The molecular weight excluding hydrogens is 867 g/mol. The van der Waals surface area contributed by atoms with Gasteiger partial charge in [-0.25, -0.2) is 0 Å². The van der Waals surface area contributed by atoms with Crippen molar-refractivity contribution in [1.82, 2.24) is 5.32 Å². The number of unbranched alkanes of at least 4 members (excludes halogenated alkanes) is 53. The first-order valence-electron chi connectivity index (χ1n) is 33.1. The molecule has 0 aliphatic rings. The fraction of sp³-hybridized carbons (Fsp3) is 0.925. The van der Waals surface area contributed by atoms with Gasteiger partial charge in [-0.15, -0.1) is 0 Å². The summed E-state index contributed by atoms with van der Waals surface area (Å²) in [5, 5.41) is 23.2. The van der Waals surface area contributed by atoms with Crippen LogP contribution in [-0.2, 0) is 4.79 Å². The number of nitrogens with one attached hydrogen (secondary N) is 1. The number of carbonyl (C=O) groups is 1. The van der Waals surface area contributed by atoms with Crippen LogP contribution in [0.2, 0.25) is 0 Å². The summed E-state index contributed by atoms with van der Waals surface area (Å²) in [6.45, 7) is 4.35. The summed E-state index contributed by atoms with van der Waals surface area (Å²) < 4.78 is 0. The maximum Gasteiger partial charge on any atom is 0.220 e. The molecule has 0 aromatic heterocycles. The molecule has 0 radical (unpaired) electrons. The molecule has 0 fully saturated rings. The molecule has 0 aromatic rings. The van der Waals surface area contributed by atoms with Crippen LogP contribution in [0.1, 0.15) is 380 Å². The normalized spacial score (nSPS) is 12.8. The van der Waals surface area contributed by atoms with Crippen molar-refractivity contribution in [3.63, 3.8) is 0 Å². The minimum absolute atomic E-state index is 0.0649. The Balaban J connectivity index is 3.44. The fourth-order valence-corrected chi connectivity index (χ4v) is 10.7. The maximum absolute atomic E-state index is 12.5. The standard InChI is InChI=1S/C67H131NO3/c1-3-5-7-9-11-13-15-17-19-21-23-25-27-29-31-32-33-34-35-36-37-38-40-42-44-46-48-50-52-54-56-58-60-62-66(70)65(64-69)68-67(71)63-61-59-57-55-53-51-49-47-45-43-41-39-30-28-26-24-22-20-18-16-14-12-10-8-6-4-2/h52,54,60,62,65-66,69-70H,3-51,53,55-59,61,63-64H2,1-2H3,(H,68,71)/b54-52+,62-60+. The highest BCUT2D eigenvalue weighted by Crippen LogP contribution is 2.19. The quantitative estimate of drug-likeness (QED) is 0.0420. The SMILES string of the molecule is CCCCCCCCCCCCCCCCCCCCCCCCCCCCC/C=C/CC/C=C/C(O)C(CO)NC(=O)CCCCCCCCCCCCCCCCCCCCCCCCCCCC. The van der Waals surface area contributed by atoms with Gasteiger partial charge in [0, 0.05) is 6.42 Å². The van der Waals surface area contributed by atoms with Gasteiger partial charge in [0.25, 0.3) is 0 Å². The zero-order valence-electron chi connectivity index (χ0n) is 48.8. The van der Waals surface area contributed by atoms with E-state index >= 15 is 0 Å². The molecule has 1 amide bonds. The zero-order valence-corrected chi connectivity index (χ0v) is 48.8. The van der Waals surface area contributed by atoms with Crippen molar-refractivity contribution in [2.45, 2.75) is 392 Å². The van der Waals surface area contributed by atoms with Gasteiger partial charge < -0.3 is 15.5 Å². The van der Waals surface area contributed by atoms with Gasteiger partial charge in [-0.3, -0.25) is 4.79 Å². The van der Waals surface area contributed by atoms with Crippen LogP contribution >= 0.6 is 0 Å². The first-order chi connectivity index (χ1) is 35.2. The van der Waals surface area contributed by atoms with Crippen molar-refractivity contribution in [3.05, 3.63) is 24.3 Å². The van der Waals surface area contributed by atoms with Crippen LogP contribution in [0.4, 0.5) is 0 Å². The van der Waals surface area contributed by atoms with Crippen LogP contribution in [0.15, 0.2) is 24.3 Å². The average molecular weight is 999 g/mol. The summed E-state index contributed by atoms with van der Waals surface area (Å²) in [5.74, 6) is -0.0649. The molecule has 0 saturated heterocycles. The van der Waals surface area contributed by atoms with E-state index in [1.54, 1.807) is 6.08 Å². The lowest BCUT2D eigenvalue weighted by Gasteiger charge is -2.19. The minimum Gasteiger partial charge on any atom is -0.394 e. The van der Waals surface area contributed by atoms with Crippen LogP contribution in [0, 0.1) is 0 Å². The van der Waals surface area contributed by atoms with Crippen molar-refractivity contribution >= 4 is 5.91 Å². The van der Waals surface area contributed by atoms with E-state index in [2.05, 4.69) is 31.3 Å². The summed E-state index contributed by atoms with van der Waals surface area (Å²) in [5.41, 5.74) is 0. The second kappa shape index (κ2) is 63.2. The van der Waals surface area contributed by atoms with Crippen LogP contribution in [-0.4, -0.2) is 34.9 Å². The molecule has 0 aliphatic carbocycles. The van der Waals surface area contributed by atoms with Gasteiger partial charge in [-0.1, -0.05) is 366 Å². The van der Waals surface area contributed by atoms with Gasteiger partial charge in [0.2, 0.25) is 5.91 Å². The maximum atomic E-state index is 12.5. The predicted molar refractivity (Wildman–Crippen MR) is 318 cm³/mol. The largest absolute Gasteiger partial charge is 0.394 e. The molecule has 3 N–H and O–H groups in total. The van der Waals surface area contributed by atoms with Gasteiger partial charge >= 0.3 is 0 Å². The summed E-state index contributed by atoms with van der Waals surface area (Å²) in [6.07, 6.45) is 85.4. The predicted octanol–water partition coefficient (Wildman–Crippen LogP) is 22.2. The molecule has 0 heterocycles. The van der Waals surface area contributed by atoms with Gasteiger partial charge in [0.05, 0.1) is 18.8 Å². The Morgan fingerprint density at radius 2 is 0.549 bits per heavy atom. The second-order valence-electron chi connectivity index (χ2n) is 22.9. The van der Waals surface area contributed by atoms with E-state index in [1.165, 1.54) is 327 Å². The molecule has 0 aromatic carbocycles. The topological polar surface area (TPSA) is 69.6 Å². The summed E-state index contributed by atoms with van der Waals surface area (Å²) >= 11 is 0. The third-order valence-electron chi connectivity index (χ3n) is 15.7. The molecule has 0 rings (SSSR count). The van der Waals surface area contributed by atoms with Crippen LogP contribution in [0.25, 0.3) is 0 Å². The smallest absolute Gasteiger partial charge is 0.220 e. The lowest BCUT2D eigenvalue weighted by molar-refractivity contribution is -0.123. The summed E-state index contributed by atoms with van der Waals surface area (Å²) in [6, 6.07) is -0.637. The first-order valence-corrected chi connectivity index (χ1v) is 33.1. The van der Waals surface area contributed by atoms with Gasteiger partial charge in [-0.05, 0) is 32.1 Å². The van der Waals surface area contributed by atoms with Crippen molar-refractivity contribution in [3.8, 4) is 0 Å². The lowest BCUT2D eigenvalue weighted by Crippen LogP contribution is -2.45. The fourth-order valence-electron chi connectivity index (χ4n) is 10.7. The molecule has 71 heavy (non-hydrogen) atoms. The number of rotatable bonds is 62. The van der Waals surface area contributed by atoms with E-state index in [1.807, 2.05) is 6.08 Å². The zero-order chi connectivity index (χ0) is 51.3. The molecule has 2 unspecified atom stereocenters. The summed E-state index contributed by atoms with van der Waals surface area (Å²) in [4.78, 5) is 12.5. The van der Waals surface area contributed by atoms with Crippen molar-refractivity contribution in [1.29, 1.82) is 0 Å². The molecule has 0 spiro atoms. The summed E-state index contributed by atoms with van der Waals surface area (Å²) in [7, 11) is 0. The van der Waals surface area contributed by atoms with Crippen LogP contribution in [0.5, 0.6) is 0 Å². The Kier molecular flexibility index (Phi) is 62.2. The van der Waals surface area contributed by atoms with E-state index in [0.29, 0.717) is 6.42 Å². The number of aliphatic hydroxyl groups is 2. The van der Waals surface area contributed by atoms with Gasteiger partial charge in [-0.2, -0.15) is 0 Å². The Morgan fingerprint density at radius 1 is 0.324 bits per heavy atom. The van der Waals surface area contributed by atoms with Gasteiger partial charge in [0.1, 0.15) is 0 Å². The van der Waals surface area contributed by atoms with E-state index in [9.17, 15) is 15.0 Å². The highest BCUT2D eigenvalue weighted by atomic mass is 16.3. The molecule has 0 bridgehead atoms. The Morgan fingerprint density at radius 3 is 0.817 bits per heavy atom. The number of hydrogen-bond acceptors (Lipinski definition) is 3. The highest BCUT2D eigenvalue weighted by molar-refractivity contribution is 5.76. The van der Waals surface area contributed by atoms with Crippen molar-refractivity contribution in [2.24, 2.45) is 0 Å². The number of carbonyl (C=O) groups excluding carboxylic acids is 1. The van der Waals surface area contributed by atoms with Crippen LogP contribution < -0.4 is 5.32 Å². The van der Waals surface area contributed by atoms with E-state index < -0.39 is 12.1 Å². The minimum atomic E-state index is -0.861. The van der Waals surface area contributed by atoms with E-state index in [-0.39, 0.29) is 12.5 Å². The number of aliphatic hydroxyl groups excluding tert-OH is 2. The molecular formula is C67H131NO3. The molecule has 2 atom stereocenters. The van der Waals surface area contributed by atoms with E-state index in [4.69, 9.17) is 0 Å². The highest BCUT2D eigenvalue weighted by Gasteiger charge is 2.18. The van der Waals surface area contributed by atoms with Gasteiger partial charge in [0.15, 0.2) is 0 Å². The number of amides is 1. The Hall–Kier alpha value is -1.13. The first kappa shape index (κ1) is 69.9. The molecule has 4 nitrogen and oxygen atoms in total. The second-order valence-corrected chi connectivity index (χ2v) is 22.9. The monoisotopic (exact) mass is 998 g/mol. The van der Waals surface area contributed by atoms with Crippen molar-refractivity contribution in [2.75, 3.05) is 6.61 Å². The van der Waals surface area contributed by atoms with Crippen molar-refractivity contribution < 1.29 is 15.0 Å². The third kappa shape index (κ3) is 59.6. The Labute approximate surface area is 447 Å². The average Bonchev–Trinajstić information content (AvgIpc) is 3.37. The number of allylic oxidation sites excluding steroid dienone is 3. The molecule has 0 saturated carbocycles.